The van der Waals surface area contributed by atoms with E-state index < -0.39 is 0 Å². The van der Waals surface area contributed by atoms with Crippen molar-refractivity contribution < 1.29 is 4.74 Å². The molecular formula is C12H17N3O. The molecule has 1 aromatic heterocycles. The van der Waals surface area contributed by atoms with Crippen LogP contribution in [0.3, 0.4) is 0 Å². The number of aromatic nitrogens is 2. The van der Waals surface area contributed by atoms with Crippen LogP contribution in [0.2, 0.25) is 0 Å². The lowest BCUT2D eigenvalue weighted by atomic mass is 10.2. The Bertz CT molecular complexity index is 368. The highest BCUT2D eigenvalue weighted by Gasteiger charge is 2.11. The average molecular weight is 219 g/mol. The molecule has 0 atom stereocenters. The topological polar surface area (TPSA) is 47.0 Å². The van der Waals surface area contributed by atoms with Gasteiger partial charge in [0.2, 0.25) is 11.8 Å². The molecule has 0 spiro atoms. The van der Waals surface area contributed by atoms with Crippen LogP contribution in [0, 0.1) is 0 Å². The molecule has 16 heavy (non-hydrogen) atoms. The molecule has 0 saturated carbocycles. The number of anilines is 1. The van der Waals surface area contributed by atoms with Gasteiger partial charge in [-0.25, -0.2) is 4.98 Å². The molecule has 0 amide bonds. The Hall–Kier alpha value is -1.58. The summed E-state index contributed by atoms with van der Waals surface area (Å²) < 4.78 is 5.51. The maximum absolute atomic E-state index is 5.51. The summed E-state index contributed by atoms with van der Waals surface area (Å²) in [6.45, 7) is 3.96. The molecule has 1 N–H and O–H groups in total. The fourth-order valence-electron chi connectivity index (χ4n) is 1.64. The van der Waals surface area contributed by atoms with Crippen molar-refractivity contribution in [1.82, 2.24) is 9.97 Å². The van der Waals surface area contributed by atoms with Crippen molar-refractivity contribution in [2.24, 2.45) is 0 Å². The van der Waals surface area contributed by atoms with E-state index in [2.05, 4.69) is 27.4 Å². The lowest BCUT2D eigenvalue weighted by Crippen LogP contribution is -2.17. The number of ether oxygens (including phenoxy) is 1. The van der Waals surface area contributed by atoms with Crippen molar-refractivity contribution in [1.29, 1.82) is 0 Å². The van der Waals surface area contributed by atoms with Gasteiger partial charge in [0.25, 0.3) is 0 Å². The second-order valence-corrected chi connectivity index (χ2v) is 4.17. The summed E-state index contributed by atoms with van der Waals surface area (Å²) in [4.78, 5) is 8.48. The van der Waals surface area contributed by atoms with Gasteiger partial charge >= 0.3 is 0 Å². The van der Waals surface area contributed by atoms with E-state index in [0.29, 0.717) is 17.9 Å². The van der Waals surface area contributed by atoms with Crippen molar-refractivity contribution in [2.75, 3.05) is 5.32 Å². The minimum absolute atomic E-state index is 0.135. The second kappa shape index (κ2) is 4.96. The molecule has 1 aromatic rings. The lowest BCUT2D eigenvalue weighted by molar-refractivity contribution is 0.232. The molecule has 4 nitrogen and oxygen atoms in total. The van der Waals surface area contributed by atoms with Gasteiger partial charge in [-0.15, -0.1) is 0 Å². The van der Waals surface area contributed by atoms with Crippen LogP contribution in [0.1, 0.15) is 26.7 Å². The van der Waals surface area contributed by atoms with Crippen LogP contribution >= 0.6 is 0 Å². The van der Waals surface area contributed by atoms with Crippen molar-refractivity contribution in [2.45, 2.75) is 38.8 Å². The van der Waals surface area contributed by atoms with E-state index in [1.54, 1.807) is 12.3 Å². The van der Waals surface area contributed by atoms with Crippen molar-refractivity contribution in [3.05, 3.63) is 24.4 Å². The molecule has 2 rings (SSSR count). The standard InChI is InChI=1S/C12H17N3O/c1-9(2)16-11-7-8-13-12(15-11)14-10-5-3-4-6-10/h3-4,7-10H,5-6H2,1-2H3,(H,13,14,15). The third-order valence-electron chi connectivity index (χ3n) is 2.33. The Morgan fingerprint density at radius 1 is 1.38 bits per heavy atom. The fourth-order valence-corrected chi connectivity index (χ4v) is 1.64. The van der Waals surface area contributed by atoms with Crippen LogP contribution in [0.4, 0.5) is 5.95 Å². The first-order valence-electron chi connectivity index (χ1n) is 5.65. The fraction of sp³-hybridized carbons (Fsp3) is 0.500. The normalized spacial score (nSPS) is 15.7. The number of hydrogen-bond acceptors (Lipinski definition) is 4. The van der Waals surface area contributed by atoms with E-state index in [4.69, 9.17) is 4.74 Å². The third kappa shape index (κ3) is 2.95. The predicted molar refractivity (Wildman–Crippen MR) is 63.6 cm³/mol. The van der Waals surface area contributed by atoms with Gasteiger partial charge in [0.15, 0.2) is 0 Å². The highest BCUT2D eigenvalue weighted by atomic mass is 16.5. The first-order valence-corrected chi connectivity index (χ1v) is 5.65. The van der Waals surface area contributed by atoms with Crippen LogP contribution in [0.5, 0.6) is 5.88 Å². The predicted octanol–water partition coefficient (Wildman–Crippen LogP) is 2.39. The summed E-state index contributed by atoms with van der Waals surface area (Å²) in [7, 11) is 0. The zero-order valence-electron chi connectivity index (χ0n) is 9.68. The van der Waals surface area contributed by atoms with E-state index in [-0.39, 0.29) is 6.10 Å². The molecule has 1 heterocycles. The first-order chi connectivity index (χ1) is 7.74. The van der Waals surface area contributed by atoms with E-state index in [0.717, 1.165) is 12.8 Å². The van der Waals surface area contributed by atoms with E-state index in [9.17, 15) is 0 Å². The van der Waals surface area contributed by atoms with Crippen LogP contribution in [-0.2, 0) is 0 Å². The molecule has 0 aliphatic heterocycles. The Morgan fingerprint density at radius 3 is 2.81 bits per heavy atom. The average Bonchev–Trinajstić information content (AvgIpc) is 2.70. The van der Waals surface area contributed by atoms with Gasteiger partial charge < -0.3 is 10.1 Å². The Morgan fingerprint density at radius 2 is 2.12 bits per heavy atom. The van der Waals surface area contributed by atoms with Crippen LogP contribution in [0.15, 0.2) is 24.4 Å². The highest BCUT2D eigenvalue weighted by Crippen LogP contribution is 2.16. The minimum atomic E-state index is 0.135. The number of hydrogen-bond donors (Lipinski definition) is 1. The monoisotopic (exact) mass is 219 g/mol. The minimum Gasteiger partial charge on any atom is -0.475 e. The summed E-state index contributed by atoms with van der Waals surface area (Å²) in [6, 6.07) is 2.20. The molecule has 1 aliphatic carbocycles. The van der Waals surface area contributed by atoms with Gasteiger partial charge in [0, 0.05) is 18.3 Å². The van der Waals surface area contributed by atoms with Gasteiger partial charge in [-0.2, -0.15) is 4.98 Å². The molecule has 4 heteroatoms. The second-order valence-electron chi connectivity index (χ2n) is 4.17. The maximum Gasteiger partial charge on any atom is 0.226 e. The van der Waals surface area contributed by atoms with Crippen LogP contribution in [-0.4, -0.2) is 22.1 Å². The Labute approximate surface area is 95.8 Å². The van der Waals surface area contributed by atoms with Gasteiger partial charge in [0.1, 0.15) is 0 Å². The summed E-state index contributed by atoms with van der Waals surface area (Å²) in [6.07, 6.45) is 8.28. The molecule has 0 unspecified atom stereocenters. The molecule has 86 valence electrons. The first kappa shape index (κ1) is 10.9. The lowest BCUT2D eigenvalue weighted by Gasteiger charge is -2.13. The highest BCUT2D eigenvalue weighted by molar-refractivity contribution is 5.30. The molecule has 0 aromatic carbocycles. The largest absolute Gasteiger partial charge is 0.475 e. The van der Waals surface area contributed by atoms with Gasteiger partial charge in [0.05, 0.1) is 6.10 Å². The van der Waals surface area contributed by atoms with Crippen molar-refractivity contribution in [3.63, 3.8) is 0 Å². The number of rotatable bonds is 4. The maximum atomic E-state index is 5.51. The molecular weight excluding hydrogens is 202 g/mol. The van der Waals surface area contributed by atoms with Gasteiger partial charge in [-0.05, 0) is 26.7 Å². The Kier molecular flexibility index (Phi) is 3.39. The number of nitrogens with one attached hydrogen (secondary N) is 1. The Balaban J connectivity index is 1.98. The zero-order valence-corrected chi connectivity index (χ0v) is 9.68. The van der Waals surface area contributed by atoms with Crippen molar-refractivity contribution >= 4 is 5.95 Å². The summed E-state index contributed by atoms with van der Waals surface area (Å²) in [5.41, 5.74) is 0. The smallest absolute Gasteiger partial charge is 0.226 e. The van der Waals surface area contributed by atoms with E-state index in [1.165, 1.54) is 0 Å². The summed E-state index contributed by atoms with van der Waals surface area (Å²) >= 11 is 0. The molecule has 0 fully saturated rings. The SMILES string of the molecule is CC(C)Oc1ccnc(NC2CC=CC2)n1. The van der Waals surface area contributed by atoms with E-state index in [1.807, 2.05) is 13.8 Å². The third-order valence-corrected chi connectivity index (χ3v) is 2.33. The van der Waals surface area contributed by atoms with Gasteiger partial charge in [-0.1, -0.05) is 12.2 Å². The molecule has 1 aliphatic rings. The molecule has 0 bridgehead atoms. The molecule has 0 saturated heterocycles. The number of nitrogens with zero attached hydrogens (tertiary/aromatic N) is 2. The zero-order chi connectivity index (χ0) is 11.4. The summed E-state index contributed by atoms with van der Waals surface area (Å²) in [5.74, 6) is 1.27. The van der Waals surface area contributed by atoms with Crippen LogP contribution in [0.25, 0.3) is 0 Å². The molecule has 0 radical (unpaired) electrons. The van der Waals surface area contributed by atoms with E-state index >= 15 is 0 Å². The van der Waals surface area contributed by atoms with Gasteiger partial charge in [-0.3, -0.25) is 0 Å². The van der Waals surface area contributed by atoms with Crippen LogP contribution < -0.4 is 10.1 Å². The quantitative estimate of drug-likeness (QED) is 0.790. The summed E-state index contributed by atoms with van der Waals surface area (Å²) in [5, 5.41) is 3.29. The van der Waals surface area contributed by atoms with Crippen molar-refractivity contribution in [3.8, 4) is 5.88 Å².